The Morgan fingerprint density at radius 2 is 1.64 bits per heavy atom. The molecule has 2 aliphatic carbocycles. The van der Waals surface area contributed by atoms with Crippen LogP contribution in [0.2, 0.25) is 0 Å². The number of fused-ring (bicyclic) bond motifs is 4. The molecule has 4 aromatic carbocycles. The summed E-state index contributed by atoms with van der Waals surface area (Å²) in [7, 11) is 1.91. The molecule has 3 N–H and O–H groups in total. The van der Waals surface area contributed by atoms with Crippen molar-refractivity contribution in [1.82, 2.24) is 30.0 Å². The summed E-state index contributed by atoms with van der Waals surface area (Å²) >= 11 is 1.44. The molecule has 7 aromatic rings. The molecule has 16 nitrogen and oxygen atoms in total. The molecule has 0 spiro atoms. The van der Waals surface area contributed by atoms with Crippen LogP contribution < -0.4 is 25.2 Å². The van der Waals surface area contributed by atoms with Crippen LogP contribution in [0.15, 0.2) is 91.0 Å². The summed E-state index contributed by atoms with van der Waals surface area (Å²) in [4.78, 5) is 67.2. The number of benzene rings is 4. The molecular weight excluding hydrogens is 955 g/mol. The van der Waals surface area contributed by atoms with E-state index in [-0.39, 0.29) is 35.6 Å². The summed E-state index contributed by atoms with van der Waals surface area (Å²) in [5, 5.41) is 22.3. The number of para-hydroxylation sites is 1. The van der Waals surface area contributed by atoms with E-state index in [4.69, 9.17) is 19.6 Å². The third-order valence-corrected chi connectivity index (χ3v) is 17.1. The van der Waals surface area contributed by atoms with Crippen LogP contribution in [-0.4, -0.2) is 112 Å². The highest BCUT2D eigenvalue weighted by atomic mass is 32.1. The summed E-state index contributed by atoms with van der Waals surface area (Å²) < 4.78 is 16.1. The SMILES string of the molecule is Cc1c(OC2C[C@H]3CC(OCCN4CCN(c5ccc6c(C7CCC(=O)NC7=O)nn(C)c6c5)CC4)C[C@H]3C2)cccc1-c1ccc(N2CCc3cccc(C(=O)Nc4nc5ccccc5s4)c3C2)nc1C(=O)O. The number of carboxylic acid groups (broad SMARTS) is 1. The van der Waals surface area contributed by atoms with E-state index in [0.29, 0.717) is 72.9 Å². The molecule has 0 radical (unpaired) electrons. The zero-order chi connectivity index (χ0) is 50.6. The highest BCUT2D eigenvalue weighted by Gasteiger charge is 2.43. The molecule has 17 heteroatoms. The molecule has 2 saturated heterocycles. The van der Waals surface area contributed by atoms with Gasteiger partial charge < -0.3 is 24.4 Å². The number of piperidine rings is 1. The molecule has 74 heavy (non-hydrogen) atoms. The third-order valence-electron chi connectivity index (χ3n) is 16.2. The van der Waals surface area contributed by atoms with Gasteiger partial charge in [-0.1, -0.05) is 47.7 Å². The standard InChI is InChI=1S/C57H59N9O7S/c1-33-40(41-15-17-50(59-53(41)56(70)71)66-20-19-34-7-5-9-42(45(34)32-66)54(68)61-57-58-46-10-3-4-12-49(46)74-57)8-6-11-48(33)73-39-29-35-27-38(28-36(35)30-39)72-26-25-64-21-23-65(24-22-64)37-13-14-43-47(31-37)63(2)62-52(43)44-16-18-51(67)60-55(44)69/h3-15,17,31,35-36,38-39,44H,16,18-30,32H2,1-2H3,(H,70,71)(H,58,61,68)(H,60,67,69)/t35-,36+,38?,39?,44?. The normalized spacial score (nSPS) is 22.0. The van der Waals surface area contributed by atoms with Gasteiger partial charge in [0.2, 0.25) is 11.8 Å². The Balaban J connectivity index is 0.625. The fourth-order valence-electron chi connectivity index (χ4n) is 12.3. The number of aromatic nitrogens is 4. The maximum atomic E-state index is 13.7. The van der Waals surface area contributed by atoms with E-state index in [9.17, 15) is 24.3 Å². The molecule has 380 valence electrons. The van der Waals surface area contributed by atoms with Crippen LogP contribution >= 0.6 is 11.3 Å². The van der Waals surface area contributed by atoms with E-state index in [1.807, 2.05) is 96.3 Å². The summed E-state index contributed by atoms with van der Waals surface area (Å²) in [5.74, 6) is 0.172. The number of anilines is 3. The zero-order valence-corrected chi connectivity index (χ0v) is 42.4. The Hall–Kier alpha value is -7.21. The predicted molar refractivity (Wildman–Crippen MR) is 284 cm³/mol. The Kier molecular flexibility index (Phi) is 12.9. The van der Waals surface area contributed by atoms with Crippen LogP contribution in [0.3, 0.4) is 0 Å². The lowest BCUT2D eigenvalue weighted by atomic mass is 9.93. The smallest absolute Gasteiger partial charge is 0.355 e. The van der Waals surface area contributed by atoms with Crippen molar-refractivity contribution in [2.75, 3.05) is 61.0 Å². The zero-order valence-electron chi connectivity index (χ0n) is 41.6. The first kappa shape index (κ1) is 47.8. The number of ether oxygens (including phenoxy) is 2. The van der Waals surface area contributed by atoms with Gasteiger partial charge in [0, 0.05) is 81.5 Å². The molecule has 3 unspecified atom stereocenters. The molecule has 3 aliphatic heterocycles. The van der Waals surface area contributed by atoms with Gasteiger partial charge in [0.1, 0.15) is 11.6 Å². The van der Waals surface area contributed by atoms with Crippen molar-refractivity contribution in [2.24, 2.45) is 18.9 Å². The molecule has 6 heterocycles. The second kappa shape index (κ2) is 19.9. The van der Waals surface area contributed by atoms with Gasteiger partial charge in [0.25, 0.3) is 5.91 Å². The van der Waals surface area contributed by atoms with Gasteiger partial charge in [0.15, 0.2) is 10.8 Å². The highest BCUT2D eigenvalue weighted by molar-refractivity contribution is 7.22. The van der Waals surface area contributed by atoms with Crippen LogP contribution in [-0.2, 0) is 34.3 Å². The number of hydrogen-bond donors (Lipinski definition) is 3. The maximum absolute atomic E-state index is 13.7. The lowest BCUT2D eigenvalue weighted by Gasteiger charge is -2.36. The minimum atomic E-state index is -1.11. The number of carbonyl (C=O) groups excluding carboxylic acids is 3. The quantitative estimate of drug-likeness (QED) is 0.0938. The van der Waals surface area contributed by atoms with Gasteiger partial charge in [-0.05, 0) is 134 Å². The summed E-state index contributed by atoms with van der Waals surface area (Å²) in [6.07, 6.45) is 5.86. The third kappa shape index (κ3) is 9.36. The minimum absolute atomic E-state index is 0.0253. The van der Waals surface area contributed by atoms with Crippen molar-refractivity contribution in [3.8, 4) is 16.9 Å². The summed E-state index contributed by atoms with van der Waals surface area (Å²) in [5.41, 5.74) is 8.42. The Morgan fingerprint density at radius 3 is 2.43 bits per heavy atom. The molecule has 5 atom stereocenters. The van der Waals surface area contributed by atoms with Crippen molar-refractivity contribution >= 4 is 72.8 Å². The van der Waals surface area contributed by atoms with Crippen molar-refractivity contribution in [1.29, 1.82) is 0 Å². The maximum Gasteiger partial charge on any atom is 0.355 e. The number of thiazole rings is 1. The van der Waals surface area contributed by atoms with E-state index in [0.717, 1.165) is 119 Å². The van der Waals surface area contributed by atoms with Gasteiger partial charge in [0.05, 0.1) is 46.2 Å². The molecule has 3 amide bonds. The van der Waals surface area contributed by atoms with Gasteiger partial charge in [-0.2, -0.15) is 5.10 Å². The first-order valence-corrected chi connectivity index (χ1v) is 26.7. The highest BCUT2D eigenvalue weighted by Crippen LogP contribution is 2.47. The Morgan fingerprint density at radius 1 is 0.838 bits per heavy atom. The van der Waals surface area contributed by atoms with Crippen LogP contribution in [0.25, 0.3) is 32.2 Å². The number of aromatic carboxylic acids is 1. The second-order valence-electron chi connectivity index (χ2n) is 20.6. The number of rotatable bonds is 13. The topological polar surface area (TPSA) is 184 Å². The number of piperazine rings is 1. The first-order valence-electron chi connectivity index (χ1n) is 25.9. The minimum Gasteiger partial charge on any atom is -0.490 e. The second-order valence-corrected chi connectivity index (χ2v) is 21.6. The molecule has 0 bridgehead atoms. The number of carboxylic acids is 1. The molecule has 4 fully saturated rings. The van der Waals surface area contributed by atoms with E-state index in [1.165, 1.54) is 11.3 Å². The molecule has 3 aromatic heterocycles. The van der Waals surface area contributed by atoms with Gasteiger partial charge in [-0.15, -0.1) is 0 Å². The number of aryl methyl sites for hydroxylation is 1. The average Bonchev–Trinajstić information content (AvgIpc) is 4.18. The fourth-order valence-corrected chi connectivity index (χ4v) is 13.2. The van der Waals surface area contributed by atoms with Crippen molar-refractivity contribution in [3.63, 3.8) is 0 Å². The van der Waals surface area contributed by atoms with Crippen molar-refractivity contribution < 1.29 is 33.8 Å². The largest absolute Gasteiger partial charge is 0.490 e. The summed E-state index contributed by atoms with van der Waals surface area (Å²) in [6.45, 7) is 8.39. The van der Waals surface area contributed by atoms with E-state index >= 15 is 0 Å². The van der Waals surface area contributed by atoms with Gasteiger partial charge >= 0.3 is 5.97 Å². The number of pyridine rings is 1. The van der Waals surface area contributed by atoms with Crippen LogP contribution in [0.4, 0.5) is 16.6 Å². The van der Waals surface area contributed by atoms with Crippen LogP contribution in [0, 0.1) is 18.8 Å². The number of nitrogens with one attached hydrogen (secondary N) is 2. The predicted octanol–water partition coefficient (Wildman–Crippen LogP) is 8.36. The van der Waals surface area contributed by atoms with Crippen LogP contribution in [0.5, 0.6) is 5.75 Å². The number of amides is 3. The number of imide groups is 1. The monoisotopic (exact) mass is 1010 g/mol. The van der Waals surface area contributed by atoms with Crippen molar-refractivity contribution in [3.05, 3.63) is 125 Å². The lowest BCUT2D eigenvalue weighted by Crippen LogP contribution is -2.47. The Labute approximate surface area is 432 Å². The van der Waals surface area contributed by atoms with E-state index < -0.39 is 11.9 Å². The molecule has 2 saturated carbocycles. The summed E-state index contributed by atoms with van der Waals surface area (Å²) in [6, 6.07) is 29.5. The fraction of sp³-hybridized carbons (Fsp3) is 0.386. The van der Waals surface area contributed by atoms with E-state index in [1.54, 1.807) is 0 Å². The lowest BCUT2D eigenvalue weighted by molar-refractivity contribution is -0.134. The molecule has 12 rings (SSSR count). The van der Waals surface area contributed by atoms with Gasteiger partial charge in [-0.25, -0.2) is 14.8 Å². The average molecular weight is 1010 g/mol. The first-order chi connectivity index (χ1) is 36.0. The van der Waals surface area contributed by atoms with E-state index in [2.05, 4.69) is 43.6 Å². The molecular formula is C57H59N9O7S. The van der Waals surface area contributed by atoms with Crippen molar-refractivity contribution in [2.45, 2.75) is 76.5 Å². The Bertz CT molecular complexity index is 3300. The van der Waals surface area contributed by atoms with Crippen LogP contribution in [0.1, 0.15) is 87.7 Å². The molecule has 5 aliphatic rings. The number of nitrogens with zero attached hydrogens (tertiary/aromatic N) is 7. The number of carbonyl (C=O) groups is 4. The van der Waals surface area contributed by atoms with Gasteiger partial charge in [-0.3, -0.25) is 34.6 Å². The number of hydrogen-bond acceptors (Lipinski definition) is 13.